The molecule has 0 radical (unpaired) electrons. The van der Waals surface area contributed by atoms with E-state index in [0.29, 0.717) is 47.6 Å². The Labute approximate surface area is 282 Å². The summed E-state index contributed by atoms with van der Waals surface area (Å²) in [7, 11) is 1.92. The van der Waals surface area contributed by atoms with Gasteiger partial charge in [-0.1, -0.05) is 24.3 Å². The molecule has 5 heterocycles. The number of nitrogens with zero attached hydrogens (tertiary/aromatic N) is 6. The number of anilines is 3. The number of hydrogen-bond donors (Lipinski definition) is 4. The van der Waals surface area contributed by atoms with E-state index in [1.54, 1.807) is 12.3 Å². The molecule has 1 amide bonds. The molecule has 4 N–H and O–H groups in total. The van der Waals surface area contributed by atoms with E-state index < -0.39 is 12.2 Å². The Bertz CT molecular complexity index is 2030. The molecule has 0 unspecified atom stereocenters. The summed E-state index contributed by atoms with van der Waals surface area (Å²) in [4.78, 5) is 28.3. The number of hydrogen-bond acceptors (Lipinski definition) is 9. The Hall–Kier alpha value is -4.85. The molecule has 2 atom stereocenters. The lowest BCUT2D eigenvalue weighted by molar-refractivity contribution is 0.102. The molecule has 0 spiro atoms. The summed E-state index contributed by atoms with van der Waals surface area (Å²) in [5.41, 5.74) is 7.80. The van der Waals surface area contributed by atoms with Crippen molar-refractivity contribution in [2.45, 2.75) is 64.8 Å². The first-order chi connectivity index (χ1) is 23.7. The highest BCUT2D eigenvalue weighted by atomic mass is 19.3. The lowest BCUT2D eigenvalue weighted by Gasteiger charge is -2.22. The van der Waals surface area contributed by atoms with Gasteiger partial charge in [0.25, 0.3) is 12.3 Å². The third-order valence-electron chi connectivity index (χ3n) is 9.53. The van der Waals surface area contributed by atoms with Gasteiger partial charge in [0, 0.05) is 49.8 Å². The predicted octanol–water partition coefficient (Wildman–Crippen LogP) is 6.06. The molecule has 5 aromatic rings. The van der Waals surface area contributed by atoms with Crippen LogP contribution in [0, 0.1) is 13.8 Å². The van der Waals surface area contributed by atoms with Crippen molar-refractivity contribution in [1.82, 2.24) is 34.9 Å². The van der Waals surface area contributed by atoms with Crippen molar-refractivity contribution in [3.8, 4) is 11.1 Å². The van der Waals surface area contributed by atoms with Gasteiger partial charge in [0.1, 0.15) is 5.52 Å². The number of nitrogens with one attached hydrogen (secondary N) is 3. The predicted molar refractivity (Wildman–Crippen MR) is 184 cm³/mol. The minimum Gasteiger partial charge on any atom is -0.392 e. The summed E-state index contributed by atoms with van der Waals surface area (Å²) in [6, 6.07) is 15.3. The lowest BCUT2D eigenvalue weighted by atomic mass is 9.94. The van der Waals surface area contributed by atoms with Crippen molar-refractivity contribution in [2.75, 3.05) is 30.8 Å². The third-order valence-corrected chi connectivity index (χ3v) is 9.53. The van der Waals surface area contributed by atoms with Crippen molar-refractivity contribution in [3.05, 3.63) is 88.6 Å². The number of aryl methyl sites for hydroxylation is 1. The van der Waals surface area contributed by atoms with Crippen molar-refractivity contribution in [2.24, 2.45) is 0 Å². The van der Waals surface area contributed by atoms with Gasteiger partial charge in [-0.2, -0.15) is 5.10 Å². The smallest absolute Gasteiger partial charge is 0.297 e. The maximum Gasteiger partial charge on any atom is 0.297 e. The van der Waals surface area contributed by atoms with Gasteiger partial charge in [0.05, 0.1) is 17.3 Å². The van der Waals surface area contributed by atoms with Crippen LogP contribution in [0.4, 0.5) is 26.0 Å². The van der Waals surface area contributed by atoms with E-state index in [-0.39, 0.29) is 23.9 Å². The van der Waals surface area contributed by atoms with E-state index in [0.717, 1.165) is 59.4 Å². The summed E-state index contributed by atoms with van der Waals surface area (Å²) in [6.45, 7) is 6.55. The maximum atomic E-state index is 14.0. The monoisotopic (exact) mass is 667 g/mol. The molecule has 0 saturated carbocycles. The highest BCUT2D eigenvalue weighted by Crippen LogP contribution is 2.36. The van der Waals surface area contributed by atoms with Crippen LogP contribution in [0.1, 0.15) is 70.4 Å². The number of likely N-dealkylation sites (tertiary alicyclic amines) is 1. The summed E-state index contributed by atoms with van der Waals surface area (Å²) in [6.07, 6.45) is 1.18. The summed E-state index contributed by atoms with van der Waals surface area (Å²) in [5.74, 6) is -0.674. The number of alkyl halides is 2. The Kier molecular flexibility index (Phi) is 9.05. The minimum atomic E-state index is -2.87. The average molecular weight is 668 g/mol. The summed E-state index contributed by atoms with van der Waals surface area (Å²) in [5, 5.41) is 24.1. The van der Waals surface area contributed by atoms with Crippen LogP contribution in [-0.4, -0.2) is 66.9 Å². The number of aliphatic hydroxyl groups excluding tert-OH is 1. The number of rotatable bonds is 9. The van der Waals surface area contributed by atoms with Crippen LogP contribution in [0.25, 0.3) is 22.2 Å². The number of β-amino-alcohol motifs (C(OH)–C–C–N with tert-alkyl or cyclic N) is 1. The van der Waals surface area contributed by atoms with Gasteiger partial charge in [0.15, 0.2) is 17.3 Å². The molecule has 2 aromatic carbocycles. The molecule has 2 aliphatic heterocycles. The molecule has 0 aliphatic carbocycles. The second-order valence-corrected chi connectivity index (χ2v) is 12.8. The van der Waals surface area contributed by atoms with Gasteiger partial charge < -0.3 is 21.1 Å². The van der Waals surface area contributed by atoms with Crippen LogP contribution in [0.2, 0.25) is 0 Å². The van der Waals surface area contributed by atoms with E-state index in [1.807, 2.05) is 68.0 Å². The van der Waals surface area contributed by atoms with E-state index in [4.69, 9.17) is 0 Å². The quantitative estimate of drug-likeness (QED) is 0.148. The SMILES string of the molecule is CN[C@H]1CCCn2nc(C(=O)Nc3cccc(-c4cccc(Nc5nc(C(F)F)nc6cc(CN7CC[C@@H](O)C7)cnc56)c4C)c3C)cc21. The Morgan fingerprint density at radius 2 is 1.78 bits per heavy atom. The molecule has 1 saturated heterocycles. The van der Waals surface area contributed by atoms with Crippen LogP contribution in [-0.2, 0) is 13.1 Å². The summed E-state index contributed by atoms with van der Waals surface area (Å²) < 4.78 is 29.9. The number of aliphatic hydroxyl groups is 1. The fraction of sp³-hybridized carbons (Fsp3) is 0.361. The number of carbonyl (C=O) groups is 1. The van der Waals surface area contributed by atoms with Crippen LogP contribution in [0.15, 0.2) is 54.7 Å². The van der Waals surface area contributed by atoms with Gasteiger partial charge in [0.2, 0.25) is 0 Å². The van der Waals surface area contributed by atoms with Crippen LogP contribution >= 0.6 is 0 Å². The molecule has 7 rings (SSSR count). The third kappa shape index (κ3) is 6.61. The average Bonchev–Trinajstić information content (AvgIpc) is 3.72. The molecule has 13 heteroatoms. The number of pyridine rings is 1. The van der Waals surface area contributed by atoms with Gasteiger partial charge in [-0.15, -0.1) is 0 Å². The Balaban J connectivity index is 1.16. The summed E-state index contributed by atoms with van der Waals surface area (Å²) >= 11 is 0. The fourth-order valence-electron chi connectivity index (χ4n) is 6.89. The maximum absolute atomic E-state index is 14.0. The molecule has 1 fully saturated rings. The second kappa shape index (κ2) is 13.6. The molecule has 2 aliphatic rings. The minimum absolute atomic E-state index is 0.169. The van der Waals surface area contributed by atoms with E-state index in [1.165, 1.54) is 0 Å². The molecular formula is C36H39F2N9O2. The number of benzene rings is 2. The zero-order chi connectivity index (χ0) is 34.2. The van der Waals surface area contributed by atoms with Gasteiger partial charge >= 0.3 is 0 Å². The number of halogens is 2. The first kappa shape index (κ1) is 32.7. The number of carbonyl (C=O) groups excluding carboxylic acids is 1. The van der Waals surface area contributed by atoms with E-state index in [9.17, 15) is 18.7 Å². The molecule has 3 aromatic heterocycles. The van der Waals surface area contributed by atoms with E-state index in [2.05, 4.69) is 40.9 Å². The second-order valence-electron chi connectivity index (χ2n) is 12.8. The number of amides is 1. The first-order valence-corrected chi connectivity index (χ1v) is 16.6. The number of aromatic nitrogens is 5. The Morgan fingerprint density at radius 3 is 2.49 bits per heavy atom. The van der Waals surface area contributed by atoms with Gasteiger partial charge in [-0.3, -0.25) is 19.4 Å². The Morgan fingerprint density at radius 1 is 1.02 bits per heavy atom. The first-order valence-electron chi connectivity index (χ1n) is 16.6. The van der Waals surface area contributed by atoms with Gasteiger partial charge in [-0.05, 0) is 92.2 Å². The largest absolute Gasteiger partial charge is 0.392 e. The van der Waals surface area contributed by atoms with Crippen molar-refractivity contribution < 1.29 is 18.7 Å². The van der Waals surface area contributed by atoms with Crippen LogP contribution in [0.5, 0.6) is 0 Å². The van der Waals surface area contributed by atoms with Gasteiger partial charge in [-0.25, -0.2) is 18.7 Å². The van der Waals surface area contributed by atoms with Crippen molar-refractivity contribution >= 4 is 34.1 Å². The highest BCUT2D eigenvalue weighted by Gasteiger charge is 2.25. The molecular weight excluding hydrogens is 628 g/mol. The van der Waals surface area contributed by atoms with Crippen LogP contribution < -0.4 is 16.0 Å². The standard InChI is InChI=1S/C36H39F2N9O2/c1-20-24(25-8-5-10-27(21(25)2)43-36(49)30-16-31-28(39-3)11-6-13-47(31)45-30)7-4-9-26(20)41-34-32-29(42-35(44-34)33(37)38)15-22(17-40-32)18-46-14-12-23(48)19-46/h4-5,7-10,15-17,23,28,33,39,48H,6,11-14,18-19H2,1-3H3,(H,43,49)(H,41,42,44)/t23-,28+/m1/s1. The van der Waals surface area contributed by atoms with Crippen LogP contribution in [0.3, 0.4) is 0 Å². The normalized spacial score (nSPS) is 17.9. The fourth-order valence-corrected chi connectivity index (χ4v) is 6.89. The zero-order valence-electron chi connectivity index (χ0n) is 27.7. The zero-order valence-corrected chi connectivity index (χ0v) is 27.7. The number of fused-ring (bicyclic) bond motifs is 2. The highest BCUT2D eigenvalue weighted by molar-refractivity contribution is 6.04. The van der Waals surface area contributed by atoms with Crippen molar-refractivity contribution in [3.63, 3.8) is 0 Å². The molecule has 254 valence electrons. The van der Waals surface area contributed by atoms with E-state index >= 15 is 0 Å². The topological polar surface area (TPSA) is 133 Å². The lowest BCUT2D eigenvalue weighted by Crippen LogP contribution is -2.24. The molecule has 0 bridgehead atoms. The molecule has 11 nitrogen and oxygen atoms in total. The molecule has 49 heavy (non-hydrogen) atoms. The van der Waals surface area contributed by atoms with Crippen molar-refractivity contribution in [1.29, 1.82) is 0 Å².